The molecule has 0 unspecified atom stereocenters. The highest BCUT2D eigenvalue weighted by molar-refractivity contribution is 5.27. The smallest absolute Gasteiger partial charge is 0.127 e. The molecule has 0 atom stereocenters. The van der Waals surface area contributed by atoms with Crippen LogP contribution in [0, 0.1) is 0 Å². The average Bonchev–Trinajstić information content (AvgIpc) is 2.48. The van der Waals surface area contributed by atoms with E-state index in [1.54, 1.807) is 0 Å². The van der Waals surface area contributed by atoms with Gasteiger partial charge in [-0.1, -0.05) is 24.3 Å². The molecule has 1 nitrogen and oxygen atoms in total. The van der Waals surface area contributed by atoms with Crippen LogP contribution in [0.2, 0.25) is 0 Å². The first-order valence-electron chi connectivity index (χ1n) is 5.03. The summed E-state index contributed by atoms with van der Waals surface area (Å²) < 4.78 is 5.71. The van der Waals surface area contributed by atoms with Crippen molar-refractivity contribution in [3.63, 3.8) is 0 Å². The van der Waals surface area contributed by atoms with Crippen LogP contribution in [0.3, 0.4) is 0 Å². The molecule has 0 fully saturated rings. The van der Waals surface area contributed by atoms with E-state index in [0.29, 0.717) is 0 Å². The predicted molar refractivity (Wildman–Crippen MR) is 58.5 cm³/mol. The minimum absolute atomic E-state index is 0.913. The molecular weight excluding hydrogens is 172 g/mol. The summed E-state index contributed by atoms with van der Waals surface area (Å²) in [6.07, 6.45) is 19.7. The number of hydrogen-bond donors (Lipinski definition) is 0. The Labute approximate surface area is 84.8 Å². The summed E-state index contributed by atoms with van der Waals surface area (Å²) in [5.74, 6) is 1.87. The molecule has 0 saturated carbocycles. The minimum atomic E-state index is 0.913. The van der Waals surface area contributed by atoms with Crippen LogP contribution in [0.1, 0.15) is 19.3 Å². The molecule has 0 radical (unpaired) electrons. The zero-order chi connectivity index (χ0) is 9.64. The van der Waals surface area contributed by atoms with Gasteiger partial charge in [-0.25, -0.2) is 0 Å². The van der Waals surface area contributed by atoms with E-state index in [1.165, 1.54) is 0 Å². The van der Waals surface area contributed by atoms with Crippen molar-refractivity contribution >= 4 is 0 Å². The highest BCUT2D eigenvalue weighted by Crippen LogP contribution is 2.16. The van der Waals surface area contributed by atoms with Gasteiger partial charge in [0.2, 0.25) is 0 Å². The van der Waals surface area contributed by atoms with Crippen LogP contribution in [0.4, 0.5) is 0 Å². The van der Waals surface area contributed by atoms with Crippen LogP contribution in [0.25, 0.3) is 0 Å². The third-order valence-electron chi connectivity index (χ3n) is 2.15. The van der Waals surface area contributed by atoms with Crippen LogP contribution >= 0.6 is 0 Å². The fourth-order valence-corrected chi connectivity index (χ4v) is 1.43. The summed E-state index contributed by atoms with van der Waals surface area (Å²) in [4.78, 5) is 0. The van der Waals surface area contributed by atoms with Crippen molar-refractivity contribution in [3.05, 3.63) is 60.1 Å². The van der Waals surface area contributed by atoms with Gasteiger partial charge in [-0.15, -0.1) is 0 Å². The second-order valence-corrected chi connectivity index (χ2v) is 3.32. The molecule has 2 rings (SSSR count). The first-order chi connectivity index (χ1) is 6.95. The molecule has 1 heteroatoms. The number of allylic oxidation sites excluding steroid dienone is 8. The Morgan fingerprint density at radius 2 is 1.86 bits per heavy atom. The number of hydrogen-bond acceptors (Lipinski definition) is 1. The molecule has 0 saturated heterocycles. The third-order valence-corrected chi connectivity index (χ3v) is 2.15. The second kappa shape index (κ2) is 4.66. The molecule has 0 aromatic heterocycles. The predicted octanol–water partition coefficient (Wildman–Crippen LogP) is 3.64. The summed E-state index contributed by atoms with van der Waals surface area (Å²) in [6.45, 7) is 0. The Morgan fingerprint density at radius 3 is 2.71 bits per heavy atom. The number of ether oxygens (including phenoxy) is 1. The molecule has 14 heavy (non-hydrogen) atoms. The van der Waals surface area contributed by atoms with Crippen LogP contribution in [-0.2, 0) is 4.74 Å². The monoisotopic (exact) mass is 186 g/mol. The fraction of sp³-hybridized carbons (Fsp3) is 0.231. The summed E-state index contributed by atoms with van der Waals surface area (Å²) in [7, 11) is 0. The molecule has 0 aromatic rings. The van der Waals surface area contributed by atoms with E-state index in [-0.39, 0.29) is 0 Å². The first-order valence-corrected chi connectivity index (χ1v) is 5.03. The van der Waals surface area contributed by atoms with E-state index in [0.717, 1.165) is 30.8 Å². The van der Waals surface area contributed by atoms with E-state index in [1.807, 2.05) is 24.3 Å². The summed E-state index contributed by atoms with van der Waals surface area (Å²) in [5.41, 5.74) is 0. The van der Waals surface area contributed by atoms with Crippen molar-refractivity contribution in [3.8, 4) is 0 Å². The molecule has 0 spiro atoms. The van der Waals surface area contributed by atoms with E-state index >= 15 is 0 Å². The molecule has 2 aliphatic rings. The topological polar surface area (TPSA) is 9.23 Å². The lowest BCUT2D eigenvalue weighted by Crippen LogP contribution is -1.91. The average molecular weight is 186 g/mol. The maximum Gasteiger partial charge on any atom is 0.127 e. The van der Waals surface area contributed by atoms with Crippen molar-refractivity contribution in [2.45, 2.75) is 19.3 Å². The van der Waals surface area contributed by atoms with Gasteiger partial charge in [0, 0.05) is 0 Å². The zero-order valence-electron chi connectivity index (χ0n) is 8.15. The van der Waals surface area contributed by atoms with Crippen LogP contribution in [0.15, 0.2) is 60.1 Å². The van der Waals surface area contributed by atoms with E-state index < -0.39 is 0 Å². The van der Waals surface area contributed by atoms with Gasteiger partial charge in [0.05, 0.1) is 0 Å². The van der Waals surface area contributed by atoms with Gasteiger partial charge >= 0.3 is 0 Å². The van der Waals surface area contributed by atoms with E-state index in [4.69, 9.17) is 4.74 Å². The van der Waals surface area contributed by atoms with Gasteiger partial charge in [0.25, 0.3) is 0 Å². The maximum absolute atomic E-state index is 5.71. The lowest BCUT2D eigenvalue weighted by Gasteiger charge is -2.09. The minimum Gasteiger partial charge on any atom is -0.458 e. The van der Waals surface area contributed by atoms with Crippen molar-refractivity contribution in [1.82, 2.24) is 0 Å². The molecule has 0 N–H and O–H groups in total. The summed E-state index contributed by atoms with van der Waals surface area (Å²) in [5, 5.41) is 0. The summed E-state index contributed by atoms with van der Waals surface area (Å²) >= 11 is 0. The maximum atomic E-state index is 5.71. The van der Waals surface area contributed by atoms with Crippen LogP contribution < -0.4 is 0 Å². The van der Waals surface area contributed by atoms with Crippen molar-refractivity contribution in [2.24, 2.45) is 0 Å². The van der Waals surface area contributed by atoms with Crippen LogP contribution in [0.5, 0.6) is 0 Å². The van der Waals surface area contributed by atoms with Gasteiger partial charge in [-0.3, -0.25) is 0 Å². The Kier molecular flexibility index (Phi) is 3.02. The Bertz CT molecular complexity index is 340. The highest BCUT2D eigenvalue weighted by atomic mass is 16.5. The van der Waals surface area contributed by atoms with Gasteiger partial charge < -0.3 is 4.74 Å². The lowest BCUT2D eigenvalue weighted by atomic mass is 10.2. The SMILES string of the molecule is C1=CCC=CC(OC2=CCCC=C2)=C1. The molecule has 0 heterocycles. The molecular formula is C13H14O. The van der Waals surface area contributed by atoms with Crippen molar-refractivity contribution < 1.29 is 4.74 Å². The van der Waals surface area contributed by atoms with Gasteiger partial charge in [-0.05, 0) is 43.6 Å². The molecule has 2 aliphatic carbocycles. The Balaban J connectivity index is 2.03. The second-order valence-electron chi connectivity index (χ2n) is 3.32. The first kappa shape index (κ1) is 9.07. The lowest BCUT2D eigenvalue weighted by molar-refractivity contribution is 0.332. The van der Waals surface area contributed by atoms with Gasteiger partial charge in [-0.2, -0.15) is 0 Å². The molecule has 0 amide bonds. The molecule has 0 bridgehead atoms. The fourth-order valence-electron chi connectivity index (χ4n) is 1.43. The Morgan fingerprint density at radius 1 is 0.929 bits per heavy atom. The van der Waals surface area contributed by atoms with Gasteiger partial charge in [0.15, 0.2) is 0 Å². The third kappa shape index (κ3) is 2.49. The molecule has 0 aliphatic heterocycles. The molecule has 72 valence electrons. The van der Waals surface area contributed by atoms with E-state index in [2.05, 4.69) is 24.3 Å². The normalized spacial score (nSPS) is 20.0. The van der Waals surface area contributed by atoms with Crippen molar-refractivity contribution in [1.29, 1.82) is 0 Å². The quantitative estimate of drug-likeness (QED) is 0.639. The summed E-state index contributed by atoms with van der Waals surface area (Å²) in [6, 6.07) is 0. The molecule has 0 aromatic carbocycles. The van der Waals surface area contributed by atoms with Crippen molar-refractivity contribution in [2.75, 3.05) is 0 Å². The van der Waals surface area contributed by atoms with E-state index in [9.17, 15) is 0 Å². The van der Waals surface area contributed by atoms with Crippen LogP contribution in [-0.4, -0.2) is 0 Å². The van der Waals surface area contributed by atoms with Gasteiger partial charge in [0.1, 0.15) is 11.5 Å². The zero-order valence-corrected chi connectivity index (χ0v) is 8.15. The standard InChI is InChI=1S/C13H14O/c1-2-5-9-12(8-4-1)14-13-10-6-3-7-11-13/h1,4-6,8-11H,2-3,7H2. The Hall–Kier alpha value is -1.50. The largest absolute Gasteiger partial charge is 0.458 e. The number of rotatable bonds is 2. The highest BCUT2D eigenvalue weighted by Gasteiger charge is 2.00.